The van der Waals surface area contributed by atoms with E-state index in [1.54, 1.807) is 24.9 Å². The first kappa shape index (κ1) is 12.3. The largest absolute Gasteiger partial charge is 0.365 e. The number of aryl methyl sites for hydroxylation is 3. The number of imidazole rings is 1. The Labute approximate surface area is 105 Å². The smallest absolute Gasteiger partial charge is 0.254 e. The molecule has 2 rings (SSSR count). The van der Waals surface area contributed by atoms with Gasteiger partial charge in [0.1, 0.15) is 17.2 Å². The molecule has 0 aliphatic rings. The van der Waals surface area contributed by atoms with Crippen LogP contribution in [0.2, 0.25) is 0 Å². The highest BCUT2D eigenvalue weighted by Crippen LogP contribution is 2.19. The van der Waals surface area contributed by atoms with Gasteiger partial charge in [-0.05, 0) is 13.3 Å². The number of nitrogens with two attached hydrogens (primary N) is 1. The van der Waals surface area contributed by atoms with Crippen LogP contribution in [-0.4, -0.2) is 25.2 Å². The van der Waals surface area contributed by atoms with Gasteiger partial charge in [0.25, 0.3) is 5.91 Å². The Balaban J connectivity index is 2.63. The molecular weight excluding hydrogens is 230 g/mol. The number of rotatable bonds is 4. The normalized spacial score (nSPS) is 10.8. The maximum absolute atomic E-state index is 11.6. The number of amides is 1. The second kappa shape index (κ2) is 4.64. The molecule has 0 saturated carbocycles. The predicted molar refractivity (Wildman–Crippen MR) is 67.6 cm³/mol. The lowest BCUT2D eigenvalue weighted by atomic mass is 10.2. The third kappa shape index (κ3) is 1.90. The highest BCUT2D eigenvalue weighted by Gasteiger charge is 2.20. The van der Waals surface area contributed by atoms with Crippen molar-refractivity contribution in [3.8, 4) is 5.82 Å². The number of nitrogens with zero attached hydrogens (tertiary/aromatic N) is 4. The van der Waals surface area contributed by atoms with Crippen molar-refractivity contribution in [3.63, 3.8) is 0 Å². The van der Waals surface area contributed by atoms with Crippen molar-refractivity contribution in [1.82, 2.24) is 19.3 Å². The number of carbonyl (C=O) groups excluding carboxylic acids is 1. The quantitative estimate of drug-likeness (QED) is 0.874. The SMILES string of the molecule is CCCc1nccn1-c1c(C(N)=O)c(C)nn1C. The van der Waals surface area contributed by atoms with E-state index in [2.05, 4.69) is 17.0 Å². The van der Waals surface area contributed by atoms with E-state index in [9.17, 15) is 4.79 Å². The van der Waals surface area contributed by atoms with E-state index in [1.165, 1.54) is 0 Å². The maximum atomic E-state index is 11.6. The summed E-state index contributed by atoms with van der Waals surface area (Å²) in [6.07, 6.45) is 5.38. The Kier molecular flexibility index (Phi) is 3.18. The fourth-order valence-corrected chi connectivity index (χ4v) is 2.15. The Morgan fingerprint density at radius 1 is 1.50 bits per heavy atom. The Morgan fingerprint density at radius 2 is 2.22 bits per heavy atom. The van der Waals surface area contributed by atoms with E-state index in [1.807, 2.05) is 10.8 Å². The van der Waals surface area contributed by atoms with Gasteiger partial charge in [-0.25, -0.2) is 4.98 Å². The van der Waals surface area contributed by atoms with Crippen molar-refractivity contribution in [2.75, 3.05) is 0 Å². The first-order valence-corrected chi connectivity index (χ1v) is 5.92. The number of hydrogen-bond acceptors (Lipinski definition) is 3. The molecule has 1 amide bonds. The Bertz CT molecular complexity index is 581. The fourth-order valence-electron chi connectivity index (χ4n) is 2.15. The van der Waals surface area contributed by atoms with Gasteiger partial charge in [-0.2, -0.15) is 5.10 Å². The summed E-state index contributed by atoms with van der Waals surface area (Å²) in [5, 5.41) is 4.26. The van der Waals surface area contributed by atoms with Gasteiger partial charge >= 0.3 is 0 Å². The molecule has 0 unspecified atom stereocenters. The topological polar surface area (TPSA) is 78.7 Å². The molecule has 0 radical (unpaired) electrons. The molecule has 0 saturated heterocycles. The van der Waals surface area contributed by atoms with Crippen molar-refractivity contribution >= 4 is 5.91 Å². The van der Waals surface area contributed by atoms with Gasteiger partial charge < -0.3 is 5.73 Å². The number of primary amides is 1. The van der Waals surface area contributed by atoms with E-state index in [0.717, 1.165) is 18.7 Å². The van der Waals surface area contributed by atoms with Gasteiger partial charge in [0, 0.05) is 25.9 Å². The van der Waals surface area contributed by atoms with Crippen LogP contribution < -0.4 is 5.73 Å². The maximum Gasteiger partial charge on any atom is 0.254 e. The van der Waals surface area contributed by atoms with Crippen LogP contribution in [-0.2, 0) is 13.5 Å². The zero-order valence-electron chi connectivity index (χ0n) is 10.8. The Hall–Kier alpha value is -2.11. The fraction of sp³-hybridized carbons (Fsp3) is 0.417. The van der Waals surface area contributed by atoms with Crippen molar-refractivity contribution in [2.24, 2.45) is 12.8 Å². The highest BCUT2D eigenvalue weighted by molar-refractivity contribution is 5.97. The molecular formula is C12H17N5O. The number of hydrogen-bond donors (Lipinski definition) is 1. The lowest BCUT2D eigenvalue weighted by Gasteiger charge is -2.09. The summed E-state index contributed by atoms with van der Waals surface area (Å²) >= 11 is 0. The molecule has 2 aromatic rings. The molecule has 0 aliphatic heterocycles. The molecule has 0 fully saturated rings. The summed E-state index contributed by atoms with van der Waals surface area (Å²) in [6, 6.07) is 0. The van der Waals surface area contributed by atoms with Crippen LogP contribution in [0.1, 0.15) is 35.2 Å². The van der Waals surface area contributed by atoms with Gasteiger partial charge in [0.2, 0.25) is 0 Å². The average molecular weight is 247 g/mol. The summed E-state index contributed by atoms with van der Waals surface area (Å²) in [5.74, 6) is 1.12. The molecule has 0 spiro atoms. The van der Waals surface area contributed by atoms with Crippen LogP contribution in [0.4, 0.5) is 0 Å². The van der Waals surface area contributed by atoms with Gasteiger partial charge in [0.05, 0.1) is 5.69 Å². The summed E-state index contributed by atoms with van der Waals surface area (Å²) < 4.78 is 3.54. The van der Waals surface area contributed by atoms with Gasteiger partial charge in [0.15, 0.2) is 0 Å². The molecule has 0 aromatic carbocycles. The molecule has 0 aliphatic carbocycles. The lowest BCUT2D eigenvalue weighted by Crippen LogP contribution is -2.16. The van der Waals surface area contributed by atoms with Crippen molar-refractivity contribution < 1.29 is 4.79 Å². The summed E-state index contributed by atoms with van der Waals surface area (Å²) in [7, 11) is 1.80. The molecule has 96 valence electrons. The van der Waals surface area contributed by atoms with Crippen LogP contribution in [0.25, 0.3) is 5.82 Å². The van der Waals surface area contributed by atoms with Crippen molar-refractivity contribution in [1.29, 1.82) is 0 Å². The van der Waals surface area contributed by atoms with E-state index in [0.29, 0.717) is 17.1 Å². The number of carbonyl (C=O) groups is 1. The van der Waals surface area contributed by atoms with Gasteiger partial charge in [-0.3, -0.25) is 14.0 Å². The van der Waals surface area contributed by atoms with E-state index >= 15 is 0 Å². The minimum Gasteiger partial charge on any atom is -0.365 e. The second-order valence-corrected chi connectivity index (χ2v) is 4.24. The van der Waals surface area contributed by atoms with Crippen molar-refractivity contribution in [3.05, 3.63) is 29.5 Å². The second-order valence-electron chi connectivity index (χ2n) is 4.24. The molecule has 2 aromatic heterocycles. The van der Waals surface area contributed by atoms with E-state index in [-0.39, 0.29) is 0 Å². The first-order valence-electron chi connectivity index (χ1n) is 5.92. The summed E-state index contributed by atoms with van der Waals surface area (Å²) in [5.41, 5.74) is 6.52. The minimum atomic E-state index is -0.466. The number of aromatic nitrogens is 4. The predicted octanol–water partition coefficient (Wildman–Crippen LogP) is 0.966. The van der Waals surface area contributed by atoms with Crippen LogP contribution in [0, 0.1) is 6.92 Å². The third-order valence-electron chi connectivity index (χ3n) is 2.86. The minimum absolute atomic E-state index is 0.452. The molecule has 2 heterocycles. The summed E-state index contributed by atoms with van der Waals surface area (Å²) in [4.78, 5) is 15.9. The monoisotopic (exact) mass is 247 g/mol. The van der Waals surface area contributed by atoms with Crippen molar-refractivity contribution in [2.45, 2.75) is 26.7 Å². The zero-order chi connectivity index (χ0) is 13.3. The lowest BCUT2D eigenvalue weighted by molar-refractivity contribution is 0.0999. The highest BCUT2D eigenvalue weighted by atomic mass is 16.1. The van der Waals surface area contributed by atoms with Gasteiger partial charge in [-0.1, -0.05) is 6.92 Å². The van der Waals surface area contributed by atoms with E-state index < -0.39 is 5.91 Å². The summed E-state index contributed by atoms with van der Waals surface area (Å²) in [6.45, 7) is 3.86. The van der Waals surface area contributed by atoms with Crippen LogP contribution in [0.15, 0.2) is 12.4 Å². The molecule has 18 heavy (non-hydrogen) atoms. The zero-order valence-corrected chi connectivity index (χ0v) is 10.8. The molecule has 6 nitrogen and oxygen atoms in total. The average Bonchev–Trinajstić information content (AvgIpc) is 2.83. The third-order valence-corrected chi connectivity index (χ3v) is 2.86. The molecule has 6 heteroatoms. The van der Waals surface area contributed by atoms with Gasteiger partial charge in [-0.15, -0.1) is 0 Å². The van der Waals surface area contributed by atoms with E-state index in [4.69, 9.17) is 5.73 Å². The molecule has 0 atom stereocenters. The Morgan fingerprint density at radius 3 is 2.83 bits per heavy atom. The molecule has 0 bridgehead atoms. The van der Waals surface area contributed by atoms with Crippen LogP contribution >= 0.6 is 0 Å². The van der Waals surface area contributed by atoms with Crippen LogP contribution in [0.3, 0.4) is 0 Å². The standard InChI is InChI=1S/C12H17N5O/c1-4-5-9-14-6-7-17(9)12-10(11(13)18)8(2)15-16(12)3/h6-7H,4-5H2,1-3H3,(H2,13,18). The van der Waals surface area contributed by atoms with Crippen LogP contribution in [0.5, 0.6) is 0 Å². The molecule has 2 N–H and O–H groups in total. The first-order chi connectivity index (χ1) is 8.56.